The van der Waals surface area contributed by atoms with Crippen molar-refractivity contribution in [2.24, 2.45) is 4.99 Å². The average molecular weight is 440 g/mol. The molecule has 144 valence electrons. The number of aliphatic imine (C=N–C) groups is 1. The van der Waals surface area contributed by atoms with Crippen LogP contribution in [0.2, 0.25) is 0 Å². The van der Waals surface area contributed by atoms with Crippen LogP contribution >= 0.6 is 15.9 Å². The van der Waals surface area contributed by atoms with Crippen molar-refractivity contribution in [3.05, 3.63) is 61.9 Å². The van der Waals surface area contributed by atoms with Gasteiger partial charge in [-0.1, -0.05) is 22.0 Å². The lowest BCUT2D eigenvalue weighted by molar-refractivity contribution is 0.242. The molecule has 0 atom stereocenters. The quantitative estimate of drug-likeness (QED) is 0.654. The van der Waals surface area contributed by atoms with Crippen LogP contribution in [0.3, 0.4) is 0 Å². The molecule has 2 aliphatic heterocycles. The number of hydrogen-bond donors (Lipinski definition) is 2. The highest BCUT2D eigenvalue weighted by Gasteiger charge is 2.23. The molecule has 2 aromatic heterocycles. The van der Waals surface area contributed by atoms with Crippen LogP contribution in [0.25, 0.3) is 10.9 Å². The van der Waals surface area contributed by atoms with Crippen LogP contribution in [0.5, 0.6) is 0 Å². The van der Waals surface area contributed by atoms with Crippen molar-refractivity contribution in [2.45, 2.75) is 38.8 Å². The minimum atomic E-state index is -0.0157. The highest BCUT2D eigenvalue weighted by atomic mass is 79.9. The lowest BCUT2D eigenvalue weighted by Gasteiger charge is -2.27. The van der Waals surface area contributed by atoms with Crippen LogP contribution in [0.4, 0.5) is 0 Å². The molecule has 0 bridgehead atoms. The van der Waals surface area contributed by atoms with Gasteiger partial charge in [-0.2, -0.15) is 0 Å². The zero-order valence-electron chi connectivity index (χ0n) is 15.6. The van der Waals surface area contributed by atoms with Crippen molar-refractivity contribution in [3.8, 4) is 0 Å². The van der Waals surface area contributed by atoms with Crippen molar-refractivity contribution in [3.63, 3.8) is 0 Å². The molecule has 4 heterocycles. The summed E-state index contributed by atoms with van der Waals surface area (Å²) in [5.41, 5.74) is 5.03. The molecule has 0 spiro atoms. The van der Waals surface area contributed by atoms with Gasteiger partial charge in [-0.25, -0.2) is 4.98 Å². The van der Waals surface area contributed by atoms with E-state index in [1.54, 1.807) is 0 Å². The Balaban J connectivity index is 1.41. The van der Waals surface area contributed by atoms with E-state index in [-0.39, 0.29) is 5.56 Å². The molecule has 0 amide bonds. The predicted octanol–water partition coefficient (Wildman–Crippen LogP) is 3.55. The molecule has 6 nitrogen and oxygen atoms in total. The Morgan fingerprint density at radius 1 is 1.21 bits per heavy atom. The van der Waals surface area contributed by atoms with Gasteiger partial charge in [-0.15, -0.1) is 0 Å². The molecule has 2 N–H and O–H groups in total. The second-order valence-electron chi connectivity index (χ2n) is 7.56. The average Bonchev–Trinajstić information content (AvgIpc) is 3.13. The van der Waals surface area contributed by atoms with E-state index in [4.69, 9.17) is 4.98 Å². The Labute approximate surface area is 171 Å². The third-order valence-electron chi connectivity index (χ3n) is 5.68. The molecular formula is C21H22BrN5O. The Bertz CT molecular complexity index is 1130. The molecule has 5 rings (SSSR count). The SMILES string of the molecule is O=c1[nH]c(C2=NCCCC2)nc2c1CN(Cc1c[nH]c3cccc(Br)c13)CC2. The van der Waals surface area contributed by atoms with Crippen molar-refractivity contribution in [2.75, 3.05) is 13.1 Å². The maximum Gasteiger partial charge on any atom is 0.255 e. The summed E-state index contributed by atoms with van der Waals surface area (Å²) in [6, 6.07) is 6.18. The standard InChI is InChI=1S/C21H22BrN5O/c22-15-4-3-6-17-19(15)13(10-24-17)11-27-9-7-16-14(12-27)21(28)26-20(25-16)18-5-1-2-8-23-18/h3-4,6,10,24H,1-2,5,7-9,11-12H2,(H,25,26,28). The van der Waals surface area contributed by atoms with Gasteiger partial charge in [-0.3, -0.25) is 14.7 Å². The molecule has 0 radical (unpaired) electrons. The zero-order chi connectivity index (χ0) is 19.1. The summed E-state index contributed by atoms with van der Waals surface area (Å²) in [5, 5.41) is 1.21. The molecule has 2 aliphatic rings. The Kier molecular flexibility index (Phi) is 4.64. The first-order valence-electron chi connectivity index (χ1n) is 9.81. The normalized spacial score (nSPS) is 17.5. The first kappa shape index (κ1) is 17.8. The number of halogens is 1. The van der Waals surface area contributed by atoms with Gasteiger partial charge in [0.05, 0.1) is 17.0 Å². The number of aromatic amines is 2. The van der Waals surface area contributed by atoms with Crippen molar-refractivity contribution in [1.29, 1.82) is 0 Å². The van der Waals surface area contributed by atoms with Crippen molar-refractivity contribution < 1.29 is 0 Å². The maximum absolute atomic E-state index is 12.8. The van der Waals surface area contributed by atoms with Gasteiger partial charge < -0.3 is 9.97 Å². The number of aromatic nitrogens is 3. The maximum atomic E-state index is 12.8. The van der Waals surface area contributed by atoms with Gasteiger partial charge in [0.2, 0.25) is 0 Å². The topological polar surface area (TPSA) is 77.1 Å². The van der Waals surface area contributed by atoms with Crippen LogP contribution in [-0.2, 0) is 19.5 Å². The van der Waals surface area contributed by atoms with Gasteiger partial charge in [0.25, 0.3) is 5.56 Å². The van der Waals surface area contributed by atoms with Crippen molar-refractivity contribution in [1.82, 2.24) is 19.9 Å². The molecule has 0 saturated heterocycles. The second-order valence-corrected chi connectivity index (χ2v) is 8.42. The van der Waals surface area contributed by atoms with Gasteiger partial charge in [-0.05, 0) is 37.0 Å². The van der Waals surface area contributed by atoms with E-state index in [1.807, 2.05) is 6.07 Å². The smallest absolute Gasteiger partial charge is 0.255 e. The van der Waals surface area contributed by atoms with Crippen LogP contribution in [0.15, 0.2) is 38.7 Å². The second kappa shape index (κ2) is 7.29. The number of benzene rings is 1. The van der Waals surface area contributed by atoms with E-state index < -0.39 is 0 Å². The highest BCUT2D eigenvalue weighted by molar-refractivity contribution is 9.10. The first-order valence-corrected chi connectivity index (χ1v) is 10.6. The molecule has 1 aromatic carbocycles. The third-order valence-corrected chi connectivity index (χ3v) is 6.34. The van der Waals surface area contributed by atoms with E-state index in [9.17, 15) is 4.79 Å². The van der Waals surface area contributed by atoms with E-state index in [0.717, 1.165) is 72.3 Å². The van der Waals surface area contributed by atoms with E-state index in [0.29, 0.717) is 12.4 Å². The summed E-state index contributed by atoms with van der Waals surface area (Å²) in [6.07, 6.45) is 6.01. The summed E-state index contributed by atoms with van der Waals surface area (Å²) >= 11 is 3.66. The third kappa shape index (κ3) is 3.22. The molecule has 0 saturated carbocycles. The molecular weight excluding hydrogens is 418 g/mol. The fourth-order valence-electron chi connectivity index (χ4n) is 4.22. The summed E-state index contributed by atoms with van der Waals surface area (Å²) in [7, 11) is 0. The molecule has 3 aromatic rings. The number of rotatable bonds is 3. The molecule has 28 heavy (non-hydrogen) atoms. The largest absolute Gasteiger partial charge is 0.361 e. The zero-order valence-corrected chi connectivity index (χ0v) is 17.2. The molecule has 0 aliphatic carbocycles. The van der Waals surface area contributed by atoms with Crippen LogP contribution in [0.1, 0.15) is 41.9 Å². The van der Waals surface area contributed by atoms with Crippen LogP contribution in [0, 0.1) is 0 Å². The Hall–Kier alpha value is -2.25. The monoisotopic (exact) mass is 439 g/mol. The van der Waals surface area contributed by atoms with Crippen molar-refractivity contribution >= 4 is 32.5 Å². The lowest BCUT2D eigenvalue weighted by atomic mass is 10.0. The number of H-pyrrole nitrogens is 2. The summed E-state index contributed by atoms with van der Waals surface area (Å²) in [5.74, 6) is 0.678. The highest BCUT2D eigenvalue weighted by Crippen LogP contribution is 2.28. The molecule has 0 fully saturated rings. The number of nitrogens with zero attached hydrogens (tertiary/aromatic N) is 3. The Morgan fingerprint density at radius 3 is 3.00 bits per heavy atom. The minimum absolute atomic E-state index is 0.0157. The van der Waals surface area contributed by atoms with E-state index >= 15 is 0 Å². The fourth-order valence-corrected chi connectivity index (χ4v) is 4.84. The molecule has 0 unspecified atom stereocenters. The first-order chi connectivity index (χ1) is 13.7. The van der Waals surface area contributed by atoms with Crippen LogP contribution in [-0.4, -0.2) is 38.7 Å². The summed E-state index contributed by atoms with van der Waals surface area (Å²) in [6.45, 7) is 3.16. The number of fused-ring (bicyclic) bond motifs is 2. The minimum Gasteiger partial charge on any atom is -0.361 e. The summed E-state index contributed by atoms with van der Waals surface area (Å²) < 4.78 is 1.09. The number of hydrogen-bond acceptors (Lipinski definition) is 4. The van der Waals surface area contributed by atoms with E-state index in [1.165, 1.54) is 10.9 Å². The Morgan fingerprint density at radius 2 is 2.14 bits per heavy atom. The van der Waals surface area contributed by atoms with Gasteiger partial charge in [0, 0.05) is 54.2 Å². The predicted molar refractivity (Wildman–Crippen MR) is 114 cm³/mol. The molecule has 7 heteroatoms. The van der Waals surface area contributed by atoms with Gasteiger partial charge >= 0.3 is 0 Å². The summed E-state index contributed by atoms with van der Waals surface area (Å²) in [4.78, 5) is 30.7. The van der Waals surface area contributed by atoms with Gasteiger partial charge in [0.1, 0.15) is 0 Å². The van der Waals surface area contributed by atoms with E-state index in [2.05, 4.69) is 54.1 Å². The van der Waals surface area contributed by atoms with Gasteiger partial charge in [0.15, 0.2) is 5.82 Å². The number of nitrogens with one attached hydrogen (secondary N) is 2. The fraction of sp³-hybridized carbons (Fsp3) is 0.381. The van der Waals surface area contributed by atoms with Crippen LogP contribution < -0.4 is 5.56 Å². The lowest BCUT2D eigenvalue weighted by Crippen LogP contribution is -2.36.